The quantitative estimate of drug-likeness (QED) is 0.152. The SMILES string of the molecule is c1cc(-c2ccc(N(c3ccc(-c4cccc(-n5c6ccccc6c6ccccc65)c4)cc3)c3ccccc3-c3ccc4c(c3)oc3ccccc34)cc2)cc(-c2ccc3ccccc3c2)c1. The zero-order valence-electron chi connectivity index (χ0n) is 36.6. The molecule has 0 saturated carbocycles. The summed E-state index contributed by atoms with van der Waals surface area (Å²) >= 11 is 0. The molecule has 0 amide bonds. The van der Waals surface area contributed by atoms with Crippen molar-refractivity contribution in [1.29, 1.82) is 0 Å². The van der Waals surface area contributed by atoms with Gasteiger partial charge in [-0.3, -0.25) is 0 Å². The Morgan fingerprint density at radius 3 is 1.55 bits per heavy atom. The lowest BCUT2D eigenvalue weighted by Gasteiger charge is -2.28. The number of anilines is 3. The Morgan fingerprint density at radius 2 is 0.821 bits per heavy atom. The van der Waals surface area contributed by atoms with Gasteiger partial charge in [-0.1, -0.05) is 170 Å². The first kappa shape index (κ1) is 38.5. The molecule has 0 aliphatic rings. The summed E-state index contributed by atoms with van der Waals surface area (Å²) in [5.74, 6) is 0. The summed E-state index contributed by atoms with van der Waals surface area (Å²) in [7, 11) is 0. The third-order valence-electron chi connectivity index (χ3n) is 13.4. The molecule has 13 rings (SSSR count). The summed E-state index contributed by atoms with van der Waals surface area (Å²) in [6, 6.07) is 92.0. The van der Waals surface area contributed by atoms with Crippen LogP contribution in [0.3, 0.4) is 0 Å². The summed E-state index contributed by atoms with van der Waals surface area (Å²) in [6.45, 7) is 0. The van der Waals surface area contributed by atoms with E-state index in [0.29, 0.717) is 0 Å². The smallest absolute Gasteiger partial charge is 0.136 e. The van der Waals surface area contributed by atoms with E-state index in [0.717, 1.165) is 72.5 Å². The second kappa shape index (κ2) is 16.0. The molecule has 13 aromatic rings. The van der Waals surface area contributed by atoms with Gasteiger partial charge in [0.25, 0.3) is 0 Å². The van der Waals surface area contributed by atoms with Crippen LogP contribution in [0.25, 0.3) is 105 Å². The average Bonchev–Trinajstić information content (AvgIpc) is 3.95. The third-order valence-corrected chi connectivity index (χ3v) is 13.4. The Morgan fingerprint density at radius 1 is 0.299 bits per heavy atom. The Hall–Kier alpha value is -8.92. The lowest BCUT2D eigenvalue weighted by molar-refractivity contribution is 0.669. The van der Waals surface area contributed by atoms with Crippen molar-refractivity contribution in [3.05, 3.63) is 255 Å². The molecular weight excluding hydrogens is 813 g/mol. The molecule has 0 spiro atoms. The summed E-state index contributed by atoms with van der Waals surface area (Å²) in [5, 5.41) is 7.25. The van der Waals surface area contributed by atoms with E-state index in [1.54, 1.807) is 0 Å². The highest BCUT2D eigenvalue weighted by Gasteiger charge is 2.19. The maximum Gasteiger partial charge on any atom is 0.136 e. The van der Waals surface area contributed by atoms with Crippen molar-refractivity contribution in [2.24, 2.45) is 0 Å². The van der Waals surface area contributed by atoms with E-state index in [1.165, 1.54) is 49.3 Å². The summed E-state index contributed by atoms with van der Waals surface area (Å²) in [5.41, 5.74) is 17.8. The van der Waals surface area contributed by atoms with Crippen LogP contribution in [-0.4, -0.2) is 4.57 Å². The topological polar surface area (TPSA) is 21.3 Å². The van der Waals surface area contributed by atoms with Crippen molar-refractivity contribution in [2.45, 2.75) is 0 Å². The minimum Gasteiger partial charge on any atom is -0.456 e. The van der Waals surface area contributed by atoms with Crippen LogP contribution in [-0.2, 0) is 0 Å². The van der Waals surface area contributed by atoms with E-state index >= 15 is 0 Å². The standard InChI is InChI=1S/C64H42N2O/c1-2-14-46-40-50(28-27-43(46)13-1)48-16-11-15-47(39-48)44-29-34-52(35-30-44)65(60-23-7-3-19-55(60)51-33-38-59-58-22-6-10-26-63(58)67-64(59)42-51)53-36-31-45(32-37-53)49-17-12-18-54(41-49)66-61-24-8-4-20-56(61)57-21-5-9-25-62(57)66/h1-42H. The minimum atomic E-state index is 0.878. The maximum absolute atomic E-state index is 6.41. The van der Waals surface area contributed by atoms with Crippen LogP contribution in [0.4, 0.5) is 17.1 Å². The van der Waals surface area contributed by atoms with Crippen molar-refractivity contribution < 1.29 is 4.42 Å². The van der Waals surface area contributed by atoms with Gasteiger partial charge in [-0.2, -0.15) is 0 Å². The van der Waals surface area contributed by atoms with Crippen LogP contribution in [0.1, 0.15) is 0 Å². The zero-order valence-corrected chi connectivity index (χ0v) is 36.6. The zero-order chi connectivity index (χ0) is 44.3. The highest BCUT2D eigenvalue weighted by Crippen LogP contribution is 2.44. The van der Waals surface area contributed by atoms with Crippen LogP contribution >= 0.6 is 0 Å². The molecule has 67 heavy (non-hydrogen) atoms. The average molecular weight is 855 g/mol. The molecule has 0 unspecified atom stereocenters. The second-order valence-electron chi connectivity index (χ2n) is 17.3. The molecule has 2 aromatic heterocycles. The highest BCUT2D eigenvalue weighted by molar-refractivity contribution is 6.09. The van der Waals surface area contributed by atoms with Gasteiger partial charge in [-0.15, -0.1) is 0 Å². The van der Waals surface area contributed by atoms with Gasteiger partial charge in [0.05, 0.1) is 16.7 Å². The molecule has 0 N–H and O–H groups in total. The highest BCUT2D eigenvalue weighted by atomic mass is 16.3. The molecule has 0 aliphatic carbocycles. The maximum atomic E-state index is 6.41. The van der Waals surface area contributed by atoms with Crippen LogP contribution in [0.5, 0.6) is 0 Å². The van der Waals surface area contributed by atoms with Gasteiger partial charge < -0.3 is 13.9 Å². The normalized spacial score (nSPS) is 11.6. The molecule has 3 nitrogen and oxygen atoms in total. The number of hydrogen-bond acceptors (Lipinski definition) is 2. The largest absolute Gasteiger partial charge is 0.456 e. The van der Waals surface area contributed by atoms with Crippen LogP contribution in [0, 0.1) is 0 Å². The van der Waals surface area contributed by atoms with Crippen molar-refractivity contribution in [2.75, 3.05) is 4.90 Å². The van der Waals surface area contributed by atoms with Gasteiger partial charge in [-0.05, 0) is 135 Å². The third kappa shape index (κ3) is 6.76. The molecule has 0 radical (unpaired) electrons. The van der Waals surface area contributed by atoms with Gasteiger partial charge in [-0.25, -0.2) is 0 Å². The molecule has 11 aromatic carbocycles. The summed E-state index contributed by atoms with van der Waals surface area (Å²) in [6.07, 6.45) is 0. The van der Waals surface area contributed by atoms with E-state index in [1.807, 2.05) is 12.1 Å². The first-order valence-corrected chi connectivity index (χ1v) is 22.9. The molecular formula is C64H42N2O. The van der Waals surface area contributed by atoms with Crippen LogP contribution in [0.15, 0.2) is 259 Å². The number of rotatable bonds is 8. The molecule has 0 bridgehead atoms. The van der Waals surface area contributed by atoms with E-state index in [4.69, 9.17) is 4.42 Å². The second-order valence-corrected chi connectivity index (χ2v) is 17.3. The van der Waals surface area contributed by atoms with Crippen molar-refractivity contribution in [3.63, 3.8) is 0 Å². The lowest BCUT2D eigenvalue weighted by Crippen LogP contribution is -2.11. The Labute approximate surface area is 388 Å². The van der Waals surface area contributed by atoms with Crippen molar-refractivity contribution >= 4 is 71.6 Å². The number of fused-ring (bicyclic) bond motifs is 7. The van der Waals surface area contributed by atoms with Gasteiger partial charge in [0.2, 0.25) is 0 Å². The monoisotopic (exact) mass is 854 g/mol. The molecule has 0 fully saturated rings. The van der Waals surface area contributed by atoms with Crippen LogP contribution in [0.2, 0.25) is 0 Å². The van der Waals surface area contributed by atoms with E-state index in [9.17, 15) is 0 Å². The molecule has 314 valence electrons. The van der Waals surface area contributed by atoms with E-state index in [2.05, 4.69) is 252 Å². The van der Waals surface area contributed by atoms with Crippen molar-refractivity contribution in [1.82, 2.24) is 4.57 Å². The molecule has 0 aliphatic heterocycles. The number of furan rings is 1. The fourth-order valence-electron chi connectivity index (χ4n) is 10.1. The van der Waals surface area contributed by atoms with E-state index in [-0.39, 0.29) is 0 Å². The van der Waals surface area contributed by atoms with Gasteiger partial charge >= 0.3 is 0 Å². The number of benzene rings is 11. The summed E-state index contributed by atoms with van der Waals surface area (Å²) < 4.78 is 8.79. The Kier molecular flexibility index (Phi) is 9.17. The fourth-order valence-corrected chi connectivity index (χ4v) is 10.1. The predicted molar refractivity (Wildman–Crippen MR) is 282 cm³/mol. The Bertz CT molecular complexity index is 3930. The van der Waals surface area contributed by atoms with Gasteiger partial charge in [0.15, 0.2) is 0 Å². The first-order chi connectivity index (χ1) is 33.2. The minimum absolute atomic E-state index is 0.878. The Balaban J connectivity index is 0.899. The van der Waals surface area contributed by atoms with Crippen molar-refractivity contribution in [3.8, 4) is 50.2 Å². The number of para-hydroxylation sites is 4. The molecule has 3 heteroatoms. The van der Waals surface area contributed by atoms with Gasteiger partial charge in [0.1, 0.15) is 11.2 Å². The molecule has 2 heterocycles. The van der Waals surface area contributed by atoms with E-state index < -0.39 is 0 Å². The first-order valence-electron chi connectivity index (χ1n) is 22.9. The predicted octanol–water partition coefficient (Wildman–Crippen LogP) is 18.0. The number of aromatic nitrogens is 1. The number of nitrogens with zero attached hydrogens (tertiary/aromatic N) is 2. The molecule has 0 atom stereocenters. The van der Waals surface area contributed by atoms with Gasteiger partial charge in [0, 0.05) is 44.2 Å². The molecule has 0 saturated heterocycles. The summed E-state index contributed by atoms with van der Waals surface area (Å²) in [4.78, 5) is 2.38. The number of hydrogen-bond donors (Lipinski definition) is 0. The van der Waals surface area contributed by atoms with Crippen LogP contribution < -0.4 is 4.90 Å². The lowest BCUT2D eigenvalue weighted by atomic mass is 9.97. The fraction of sp³-hybridized carbons (Fsp3) is 0.